The maximum absolute atomic E-state index is 13.3. The minimum atomic E-state index is -0.304. The van der Waals surface area contributed by atoms with E-state index >= 15 is 0 Å². The second-order valence-corrected chi connectivity index (χ2v) is 5.34. The van der Waals surface area contributed by atoms with Crippen molar-refractivity contribution in [2.75, 3.05) is 26.2 Å². The Kier molecular flexibility index (Phi) is 4.94. The molecule has 2 rings (SSSR count). The van der Waals surface area contributed by atoms with Gasteiger partial charge in [-0.1, -0.05) is 6.92 Å². The molecule has 1 aliphatic heterocycles. The van der Waals surface area contributed by atoms with Gasteiger partial charge < -0.3 is 9.80 Å². The second kappa shape index (κ2) is 6.70. The van der Waals surface area contributed by atoms with E-state index in [2.05, 4.69) is 0 Å². The van der Waals surface area contributed by atoms with Gasteiger partial charge in [-0.2, -0.15) is 0 Å². The van der Waals surface area contributed by atoms with Gasteiger partial charge in [-0.15, -0.1) is 0 Å². The molecule has 1 aromatic carbocycles. The summed E-state index contributed by atoms with van der Waals surface area (Å²) < 4.78 is 13.3. The average molecular weight is 292 g/mol. The molecule has 0 bridgehead atoms. The Balaban J connectivity index is 2.06. The summed E-state index contributed by atoms with van der Waals surface area (Å²) in [5, 5.41) is 0. The molecule has 2 amide bonds. The molecule has 1 aliphatic rings. The number of amides is 2. The van der Waals surface area contributed by atoms with Crippen molar-refractivity contribution in [1.29, 1.82) is 0 Å². The topological polar surface area (TPSA) is 40.6 Å². The third-order valence-electron chi connectivity index (χ3n) is 3.84. The van der Waals surface area contributed by atoms with Crippen molar-refractivity contribution in [3.63, 3.8) is 0 Å². The number of hydrogen-bond acceptors (Lipinski definition) is 2. The second-order valence-electron chi connectivity index (χ2n) is 5.34. The van der Waals surface area contributed by atoms with E-state index in [0.717, 1.165) is 6.42 Å². The van der Waals surface area contributed by atoms with E-state index in [1.807, 2.05) is 11.8 Å². The fourth-order valence-electron chi connectivity index (χ4n) is 2.55. The number of nitrogens with zero attached hydrogens (tertiary/aromatic N) is 2. The minimum Gasteiger partial charge on any atom is -0.341 e. The van der Waals surface area contributed by atoms with Crippen molar-refractivity contribution in [2.45, 2.75) is 26.7 Å². The molecular formula is C16H21FN2O2. The summed E-state index contributed by atoms with van der Waals surface area (Å²) in [6.07, 6.45) is 1.27. The molecule has 5 heteroatoms. The van der Waals surface area contributed by atoms with E-state index in [1.165, 1.54) is 12.1 Å². The van der Waals surface area contributed by atoms with Gasteiger partial charge in [0, 0.05) is 38.2 Å². The number of halogens is 1. The van der Waals surface area contributed by atoms with E-state index in [-0.39, 0.29) is 17.6 Å². The lowest BCUT2D eigenvalue weighted by atomic mass is 10.1. The number of hydrogen-bond donors (Lipinski definition) is 0. The first-order valence-corrected chi connectivity index (χ1v) is 7.36. The first kappa shape index (κ1) is 15.5. The van der Waals surface area contributed by atoms with Crippen LogP contribution in [0.4, 0.5) is 4.39 Å². The summed E-state index contributed by atoms with van der Waals surface area (Å²) in [4.78, 5) is 27.7. The fourth-order valence-corrected chi connectivity index (χ4v) is 2.55. The largest absolute Gasteiger partial charge is 0.341 e. The third-order valence-corrected chi connectivity index (χ3v) is 3.84. The molecule has 4 nitrogen and oxygen atoms in total. The van der Waals surface area contributed by atoms with E-state index in [4.69, 9.17) is 0 Å². The zero-order valence-electron chi connectivity index (χ0n) is 12.6. The van der Waals surface area contributed by atoms with Gasteiger partial charge in [-0.3, -0.25) is 9.59 Å². The van der Waals surface area contributed by atoms with Gasteiger partial charge in [-0.05, 0) is 37.1 Å². The van der Waals surface area contributed by atoms with Gasteiger partial charge in [0.2, 0.25) is 5.91 Å². The van der Waals surface area contributed by atoms with E-state index < -0.39 is 0 Å². The summed E-state index contributed by atoms with van der Waals surface area (Å²) in [7, 11) is 0. The van der Waals surface area contributed by atoms with Gasteiger partial charge in [0.25, 0.3) is 5.91 Å². The Morgan fingerprint density at radius 3 is 2.48 bits per heavy atom. The molecule has 0 radical (unpaired) electrons. The van der Waals surface area contributed by atoms with Crippen LogP contribution in [0.2, 0.25) is 0 Å². The summed E-state index contributed by atoms with van der Waals surface area (Å²) in [6, 6.07) is 4.43. The number of rotatable bonds is 2. The molecule has 0 atom stereocenters. The Labute approximate surface area is 124 Å². The molecule has 0 N–H and O–H groups in total. The zero-order valence-corrected chi connectivity index (χ0v) is 12.6. The molecule has 0 aliphatic carbocycles. The van der Waals surface area contributed by atoms with Gasteiger partial charge in [0.15, 0.2) is 0 Å². The maximum atomic E-state index is 13.3. The zero-order chi connectivity index (χ0) is 15.4. The number of benzene rings is 1. The van der Waals surface area contributed by atoms with Crippen LogP contribution < -0.4 is 0 Å². The van der Waals surface area contributed by atoms with E-state index in [9.17, 15) is 14.0 Å². The van der Waals surface area contributed by atoms with Crippen molar-refractivity contribution in [2.24, 2.45) is 0 Å². The normalized spacial score (nSPS) is 15.8. The quantitative estimate of drug-likeness (QED) is 0.838. The van der Waals surface area contributed by atoms with Crippen LogP contribution in [0, 0.1) is 12.7 Å². The summed E-state index contributed by atoms with van der Waals surface area (Å²) >= 11 is 0. The summed E-state index contributed by atoms with van der Waals surface area (Å²) in [6.45, 7) is 5.91. The van der Waals surface area contributed by atoms with Gasteiger partial charge in [0.05, 0.1) is 0 Å². The molecule has 21 heavy (non-hydrogen) atoms. The first-order valence-electron chi connectivity index (χ1n) is 7.36. The Hall–Kier alpha value is -1.91. The van der Waals surface area contributed by atoms with Crippen molar-refractivity contribution in [3.05, 3.63) is 35.1 Å². The van der Waals surface area contributed by atoms with Crippen molar-refractivity contribution in [1.82, 2.24) is 9.80 Å². The molecule has 1 heterocycles. The Bertz CT molecular complexity index is 545. The molecular weight excluding hydrogens is 271 g/mol. The Morgan fingerprint density at radius 2 is 1.81 bits per heavy atom. The van der Waals surface area contributed by atoms with Crippen molar-refractivity contribution < 1.29 is 14.0 Å². The molecule has 1 saturated heterocycles. The number of carbonyl (C=O) groups is 2. The monoisotopic (exact) mass is 292 g/mol. The standard InChI is InChI=1S/C16H21FN2O2/c1-3-15(20)18-7-4-8-19(10-9-18)16(21)13-5-6-14(17)12(2)11-13/h5-6,11H,3-4,7-10H2,1-2H3. The summed E-state index contributed by atoms with van der Waals surface area (Å²) in [5.41, 5.74) is 0.975. The lowest BCUT2D eigenvalue weighted by Gasteiger charge is -2.22. The van der Waals surface area contributed by atoms with Crippen LogP contribution in [0.3, 0.4) is 0 Å². The predicted molar refractivity (Wildman–Crippen MR) is 78.5 cm³/mol. The molecule has 0 aromatic heterocycles. The smallest absolute Gasteiger partial charge is 0.253 e. The molecule has 1 aromatic rings. The van der Waals surface area contributed by atoms with Gasteiger partial charge >= 0.3 is 0 Å². The third kappa shape index (κ3) is 3.60. The first-order chi connectivity index (χ1) is 10.0. The van der Waals surface area contributed by atoms with Gasteiger partial charge in [0.1, 0.15) is 5.82 Å². The molecule has 0 unspecified atom stereocenters. The average Bonchev–Trinajstić information content (AvgIpc) is 2.74. The predicted octanol–water partition coefficient (Wildman–Crippen LogP) is 2.22. The van der Waals surface area contributed by atoms with E-state index in [1.54, 1.807) is 17.9 Å². The SMILES string of the molecule is CCC(=O)N1CCCN(C(=O)c2ccc(F)c(C)c2)CC1. The lowest BCUT2D eigenvalue weighted by Crippen LogP contribution is -2.37. The van der Waals surface area contributed by atoms with Crippen LogP contribution in [0.15, 0.2) is 18.2 Å². The van der Waals surface area contributed by atoms with E-state index in [0.29, 0.717) is 43.7 Å². The van der Waals surface area contributed by atoms with Crippen molar-refractivity contribution in [3.8, 4) is 0 Å². The van der Waals surface area contributed by atoms with Crippen LogP contribution >= 0.6 is 0 Å². The minimum absolute atomic E-state index is 0.0936. The van der Waals surface area contributed by atoms with Crippen LogP contribution in [0.25, 0.3) is 0 Å². The van der Waals surface area contributed by atoms with Gasteiger partial charge in [-0.25, -0.2) is 4.39 Å². The fraction of sp³-hybridized carbons (Fsp3) is 0.500. The molecule has 0 spiro atoms. The molecule has 1 fully saturated rings. The highest BCUT2D eigenvalue weighted by Gasteiger charge is 2.22. The molecule has 114 valence electrons. The maximum Gasteiger partial charge on any atom is 0.253 e. The highest BCUT2D eigenvalue weighted by atomic mass is 19.1. The lowest BCUT2D eigenvalue weighted by molar-refractivity contribution is -0.130. The van der Waals surface area contributed by atoms with Crippen LogP contribution in [0.5, 0.6) is 0 Å². The molecule has 0 saturated carbocycles. The van der Waals surface area contributed by atoms with Crippen molar-refractivity contribution >= 4 is 11.8 Å². The van der Waals surface area contributed by atoms with Crippen LogP contribution in [-0.4, -0.2) is 47.8 Å². The highest BCUT2D eigenvalue weighted by molar-refractivity contribution is 5.94. The van der Waals surface area contributed by atoms with Crippen LogP contribution in [0.1, 0.15) is 35.7 Å². The number of aryl methyl sites for hydroxylation is 1. The Morgan fingerprint density at radius 1 is 1.14 bits per heavy atom. The number of carbonyl (C=O) groups excluding carboxylic acids is 2. The summed E-state index contributed by atoms with van der Waals surface area (Å²) in [5.74, 6) is -0.270. The van der Waals surface area contributed by atoms with Crippen LogP contribution in [-0.2, 0) is 4.79 Å². The highest BCUT2D eigenvalue weighted by Crippen LogP contribution is 2.13.